The minimum Gasteiger partial charge on any atom is -0.384 e. The maximum absolute atomic E-state index is 12.9. The van der Waals surface area contributed by atoms with Crippen LogP contribution < -0.4 is 10.6 Å². The second-order valence-electron chi connectivity index (χ2n) is 5.18. The molecule has 1 heterocycles. The normalized spacial score (nSPS) is 10.3. The van der Waals surface area contributed by atoms with Gasteiger partial charge in [-0.2, -0.15) is 0 Å². The summed E-state index contributed by atoms with van der Waals surface area (Å²) in [7, 11) is 0. The summed E-state index contributed by atoms with van der Waals surface area (Å²) in [5, 5.41) is 0. The van der Waals surface area contributed by atoms with E-state index in [2.05, 4.69) is 4.98 Å². The Balaban J connectivity index is 1.96. The summed E-state index contributed by atoms with van der Waals surface area (Å²) in [6.07, 6.45) is 1.55. The first-order chi connectivity index (χ1) is 11.2. The van der Waals surface area contributed by atoms with Crippen LogP contribution in [-0.2, 0) is 6.54 Å². The third-order valence-corrected chi connectivity index (χ3v) is 3.52. The van der Waals surface area contributed by atoms with Gasteiger partial charge in [0.1, 0.15) is 5.82 Å². The van der Waals surface area contributed by atoms with E-state index in [1.165, 1.54) is 0 Å². The SMILES string of the molecule is Nc1cc(C(=O)N(Cc2ccccc2)c2ccccc2)ccn1. The molecule has 0 aliphatic carbocycles. The lowest BCUT2D eigenvalue weighted by Gasteiger charge is -2.23. The van der Waals surface area contributed by atoms with Crippen molar-refractivity contribution in [3.05, 3.63) is 90.1 Å². The average molecular weight is 303 g/mol. The van der Waals surface area contributed by atoms with Crippen molar-refractivity contribution in [2.45, 2.75) is 6.54 Å². The molecule has 0 radical (unpaired) electrons. The molecule has 1 aromatic heterocycles. The molecule has 0 spiro atoms. The maximum atomic E-state index is 12.9. The highest BCUT2D eigenvalue weighted by Crippen LogP contribution is 2.20. The van der Waals surface area contributed by atoms with Gasteiger partial charge < -0.3 is 10.6 Å². The van der Waals surface area contributed by atoms with Crippen LogP contribution >= 0.6 is 0 Å². The molecule has 114 valence electrons. The molecule has 3 aromatic rings. The van der Waals surface area contributed by atoms with E-state index in [0.717, 1.165) is 11.3 Å². The summed E-state index contributed by atoms with van der Waals surface area (Å²) >= 11 is 0. The smallest absolute Gasteiger partial charge is 0.258 e. The Bertz CT molecular complexity index is 788. The Labute approximate surface area is 135 Å². The molecule has 0 saturated heterocycles. The van der Waals surface area contributed by atoms with Crippen LogP contribution in [0.15, 0.2) is 79.0 Å². The molecular formula is C19H17N3O. The second-order valence-corrected chi connectivity index (χ2v) is 5.18. The summed E-state index contributed by atoms with van der Waals surface area (Å²) in [4.78, 5) is 18.6. The quantitative estimate of drug-likeness (QED) is 0.802. The third-order valence-electron chi connectivity index (χ3n) is 3.52. The van der Waals surface area contributed by atoms with Crippen LogP contribution in [-0.4, -0.2) is 10.9 Å². The van der Waals surface area contributed by atoms with E-state index >= 15 is 0 Å². The van der Waals surface area contributed by atoms with E-state index in [1.54, 1.807) is 23.2 Å². The molecule has 0 unspecified atom stereocenters. The van der Waals surface area contributed by atoms with Gasteiger partial charge in [0.25, 0.3) is 5.91 Å². The molecule has 0 fully saturated rings. The zero-order valence-corrected chi connectivity index (χ0v) is 12.6. The van der Waals surface area contributed by atoms with Crippen molar-refractivity contribution < 1.29 is 4.79 Å². The van der Waals surface area contributed by atoms with Crippen molar-refractivity contribution in [1.29, 1.82) is 0 Å². The number of benzene rings is 2. The minimum atomic E-state index is -0.103. The van der Waals surface area contributed by atoms with Crippen LogP contribution in [0.25, 0.3) is 0 Å². The predicted octanol–water partition coefficient (Wildman–Crippen LogP) is 3.51. The van der Waals surface area contributed by atoms with Crippen molar-refractivity contribution in [3.8, 4) is 0 Å². The Morgan fingerprint density at radius 2 is 1.61 bits per heavy atom. The van der Waals surface area contributed by atoms with E-state index in [4.69, 9.17) is 5.73 Å². The third kappa shape index (κ3) is 3.55. The first kappa shape index (κ1) is 14.8. The second kappa shape index (κ2) is 6.75. The van der Waals surface area contributed by atoms with Gasteiger partial charge in [-0.25, -0.2) is 4.98 Å². The lowest BCUT2D eigenvalue weighted by molar-refractivity contribution is 0.0985. The van der Waals surface area contributed by atoms with Crippen LogP contribution in [0.2, 0.25) is 0 Å². The molecular weight excluding hydrogens is 286 g/mol. The number of rotatable bonds is 4. The van der Waals surface area contributed by atoms with E-state index < -0.39 is 0 Å². The number of hydrogen-bond donors (Lipinski definition) is 1. The summed E-state index contributed by atoms with van der Waals surface area (Å²) in [6.45, 7) is 0.492. The van der Waals surface area contributed by atoms with E-state index in [9.17, 15) is 4.79 Å². The van der Waals surface area contributed by atoms with Gasteiger partial charge in [0.05, 0.1) is 6.54 Å². The van der Waals surface area contributed by atoms with Gasteiger partial charge in [-0.3, -0.25) is 4.79 Å². The van der Waals surface area contributed by atoms with E-state index in [1.807, 2.05) is 60.7 Å². The molecule has 0 atom stereocenters. The molecule has 2 N–H and O–H groups in total. The molecule has 4 nitrogen and oxygen atoms in total. The number of nitrogens with two attached hydrogens (primary N) is 1. The van der Waals surface area contributed by atoms with Crippen LogP contribution in [0.5, 0.6) is 0 Å². The van der Waals surface area contributed by atoms with Crippen molar-refractivity contribution in [3.63, 3.8) is 0 Å². The predicted molar refractivity (Wildman–Crippen MR) is 92.0 cm³/mol. The highest BCUT2D eigenvalue weighted by atomic mass is 16.2. The van der Waals surface area contributed by atoms with Crippen LogP contribution in [0.3, 0.4) is 0 Å². The van der Waals surface area contributed by atoms with Crippen molar-refractivity contribution in [1.82, 2.24) is 4.98 Å². The summed E-state index contributed by atoms with van der Waals surface area (Å²) in [6, 6.07) is 22.8. The minimum absolute atomic E-state index is 0.103. The molecule has 2 aromatic carbocycles. The average Bonchev–Trinajstić information content (AvgIpc) is 2.61. The molecule has 1 amide bonds. The van der Waals surface area contributed by atoms with Crippen molar-refractivity contribution in [2.24, 2.45) is 0 Å². The number of nitrogen functional groups attached to an aromatic ring is 1. The number of nitrogens with zero attached hydrogens (tertiary/aromatic N) is 2. The first-order valence-electron chi connectivity index (χ1n) is 7.36. The number of para-hydroxylation sites is 1. The van der Waals surface area contributed by atoms with Gasteiger partial charge in [0, 0.05) is 17.4 Å². The van der Waals surface area contributed by atoms with Gasteiger partial charge in [-0.15, -0.1) is 0 Å². The summed E-state index contributed by atoms with van der Waals surface area (Å²) in [5.74, 6) is 0.234. The van der Waals surface area contributed by atoms with Crippen LogP contribution in [0, 0.1) is 0 Å². The Morgan fingerprint density at radius 1 is 0.957 bits per heavy atom. The monoisotopic (exact) mass is 303 g/mol. The van der Waals surface area contributed by atoms with Crippen LogP contribution in [0.1, 0.15) is 15.9 Å². The zero-order chi connectivity index (χ0) is 16.1. The van der Waals surface area contributed by atoms with Crippen LogP contribution in [0.4, 0.5) is 11.5 Å². The molecule has 0 aliphatic heterocycles. The fourth-order valence-electron chi connectivity index (χ4n) is 2.39. The van der Waals surface area contributed by atoms with E-state index in [-0.39, 0.29) is 5.91 Å². The van der Waals surface area contributed by atoms with Gasteiger partial charge in [-0.1, -0.05) is 48.5 Å². The molecule has 23 heavy (non-hydrogen) atoms. The summed E-state index contributed by atoms with van der Waals surface area (Å²) in [5.41, 5.74) is 8.14. The number of amides is 1. The number of pyridine rings is 1. The molecule has 3 rings (SSSR count). The Kier molecular flexibility index (Phi) is 4.34. The standard InChI is InChI=1S/C19H17N3O/c20-18-13-16(11-12-21-18)19(23)22(17-9-5-2-6-10-17)14-15-7-3-1-4-8-15/h1-13H,14H2,(H2,20,21). The first-order valence-corrected chi connectivity index (χ1v) is 7.36. The van der Waals surface area contributed by atoms with E-state index in [0.29, 0.717) is 17.9 Å². The highest BCUT2D eigenvalue weighted by Gasteiger charge is 2.18. The number of aromatic nitrogens is 1. The number of carbonyl (C=O) groups excluding carboxylic acids is 1. The van der Waals surface area contributed by atoms with Gasteiger partial charge >= 0.3 is 0 Å². The largest absolute Gasteiger partial charge is 0.384 e. The number of hydrogen-bond acceptors (Lipinski definition) is 3. The molecule has 0 aliphatic rings. The van der Waals surface area contributed by atoms with Crippen molar-refractivity contribution in [2.75, 3.05) is 10.6 Å². The maximum Gasteiger partial charge on any atom is 0.258 e. The summed E-state index contributed by atoms with van der Waals surface area (Å²) < 4.78 is 0. The lowest BCUT2D eigenvalue weighted by Crippen LogP contribution is -2.30. The highest BCUT2D eigenvalue weighted by molar-refractivity contribution is 6.06. The van der Waals surface area contributed by atoms with Gasteiger partial charge in [0.2, 0.25) is 0 Å². The fourth-order valence-corrected chi connectivity index (χ4v) is 2.39. The molecule has 4 heteroatoms. The van der Waals surface area contributed by atoms with Gasteiger partial charge in [-0.05, 0) is 29.8 Å². The van der Waals surface area contributed by atoms with Crippen molar-refractivity contribution >= 4 is 17.4 Å². The Hall–Kier alpha value is -3.14. The lowest BCUT2D eigenvalue weighted by atomic mass is 10.1. The van der Waals surface area contributed by atoms with Gasteiger partial charge in [0.15, 0.2) is 0 Å². The molecule has 0 saturated carbocycles. The Morgan fingerprint density at radius 3 is 2.26 bits per heavy atom. The topological polar surface area (TPSA) is 59.2 Å². The number of anilines is 2. The zero-order valence-electron chi connectivity index (χ0n) is 12.6. The molecule has 0 bridgehead atoms. The fraction of sp³-hybridized carbons (Fsp3) is 0.0526. The number of carbonyl (C=O) groups is 1.